The molecule has 0 radical (unpaired) electrons. The first-order chi connectivity index (χ1) is 22.0. The van der Waals surface area contributed by atoms with E-state index in [2.05, 4.69) is 20.4 Å². The van der Waals surface area contributed by atoms with E-state index < -0.39 is 11.7 Å². The highest BCUT2D eigenvalue weighted by atomic mass is 16.3. The molecule has 0 bridgehead atoms. The van der Waals surface area contributed by atoms with Crippen LogP contribution in [0, 0.1) is 0 Å². The van der Waals surface area contributed by atoms with Crippen LogP contribution < -0.4 is 10.6 Å². The Morgan fingerprint density at radius 3 is 1.98 bits per heavy atom. The van der Waals surface area contributed by atoms with E-state index in [1.54, 1.807) is 0 Å². The molecule has 6 rings (SSSR count). The summed E-state index contributed by atoms with van der Waals surface area (Å²) in [7, 11) is 0. The Morgan fingerprint density at radius 1 is 0.756 bits per heavy atom. The second-order valence-electron chi connectivity index (χ2n) is 12.4. The Kier molecular flexibility index (Phi) is 9.91. The van der Waals surface area contributed by atoms with Crippen molar-refractivity contribution in [1.29, 1.82) is 0 Å². The zero-order chi connectivity index (χ0) is 31.1. The maximum atomic E-state index is 12.9. The van der Waals surface area contributed by atoms with Crippen LogP contribution >= 0.6 is 0 Å². The van der Waals surface area contributed by atoms with Gasteiger partial charge in [-0.1, -0.05) is 109 Å². The van der Waals surface area contributed by atoms with E-state index >= 15 is 0 Å². The molecule has 2 fully saturated rings. The van der Waals surface area contributed by atoms with E-state index in [1.165, 1.54) is 0 Å². The molecule has 2 aliphatic heterocycles. The number of hydrogen-bond acceptors (Lipinski definition) is 5. The third-order valence-electron chi connectivity index (χ3n) is 9.37. The second-order valence-corrected chi connectivity index (χ2v) is 12.4. The van der Waals surface area contributed by atoms with Crippen LogP contribution in [-0.2, 0) is 5.60 Å². The van der Waals surface area contributed by atoms with Crippen molar-refractivity contribution in [2.75, 3.05) is 38.0 Å². The number of anilines is 1. The third-order valence-corrected chi connectivity index (χ3v) is 9.37. The quantitative estimate of drug-likeness (QED) is 0.187. The molecule has 4 aromatic carbocycles. The summed E-state index contributed by atoms with van der Waals surface area (Å²) in [5, 5.41) is 29.8. The summed E-state index contributed by atoms with van der Waals surface area (Å²) in [6.07, 6.45) is 2.96. The topological polar surface area (TPSA) is 88.1 Å². The lowest BCUT2D eigenvalue weighted by molar-refractivity contribution is -0.0220. The first-order valence-corrected chi connectivity index (χ1v) is 16.2. The van der Waals surface area contributed by atoms with Gasteiger partial charge in [-0.25, -0.2) is 4.79 Å². The van der Waals surface area contributed by atoms with Gasteiger partial charge in [-0.3, -0.25) is 4.90 Å². The minimum absolute atomic E-state index is 0.0805. The fourth-order valence-corrected chi connectivity index (χ4v) is 7.15. The number of urea groups is 1. The molecule has 2 amide bonds. The van der Waals surface area contributed by atoms with Gasteiger partial charge in [0, 0.05) is 43.8 Å². The molecule has 0 spiro atoms. The van der Waals surface area contributed by atoms with E-state index in [9.17, 15) is 15.0 Å². The van der Waals surface area contributed by atoms with Crippen LogP contribution in [-0.4, -0.2) is 77.0 Å². The molecule has 4 N–H and O–H groups in total. The smallest absolute Gasteiger partial charge is 0.319 e. The minimum Gasteiger partial charge on any atom is -0.390 e. The number of rotatable bonds is 10. The van der Waals surface area contributed by atoms with Crippen LogP contribution in [0.1, 0.15) is 36.8 Å². The summed E-state index contributed by atoms with van der Waals surface area (Å²) in [6, 6.07) is 37.5. The van der Waals surface area contributed by atoms with Crippen molar-refractivity contribution < 1.29 is 15.0 Å². The lowest BCUT2D eigenvalue weighted by atomic mass is 9.79. The Balaban J connectivity index is 1.01. The maximum absolute atomic E-state index is 12.9. The van der Waals surface area contributed by atoms with Crippen LogP contribution in [0.2, 0.25) is 0 Å². The fraction of sp³-hybridized carbons (Fsp3) is 0.342. The van der Waals surface area contributed by atoms with Gasteiger partial charge >= 0.3 is 6.03 Å². The first-order valence-electron chi connectivity index (χ1n) is 16.2. The number of nitrogens with zero attached hydrogens (tertiary/aromatic N) is 2. The van der Waals surface area contributed by atoms with Crippen LogP contribution in [0.4, 0.5) is 10.5 Å². The number of benzene rings is 4. The number of nitrogens with one attached hydrogen (secondary N) is 2. The zero-order valence-electron chi connectivity index (χ0n) is 25.8. The summed E-state index contributed by atoms with van der Waals surface area (Å²) >= 11 is 0. The van der Waals surface area contributed by atoms with Crippen molar-refractivity contribution in [3.8, 4) is 11.1 Å². The lowest BCUT2D eigenvalue weighted by Crippen LogP contribution is -2.52. The van der Waals surface area contributed by atoms with Crippen LogP contribution in [0.15, 0.2) is 115 Å². The number of aliphatic hydroxyl groups is 2. The highest BCUT2D eigenvalue weighted by Gasteiger charge is 2.45. The largest absolute Gasteiger partial charge is 0.390 e. The third kappa shape index (κ3) is 7.29. The first kappa shape index (κ1) is 31.0. The SMILES string of the molecule is O=C(Nc1ccccc1-c1ccccc1)NC1CCN(CC(O)CN2CCC[C@@H]2C(O)(c2ccccc2)c2ccccc2)CC1. The van der Waals surface area contributed by atoms with Gasteiger partial charge in [0.2, 0.25) is 0 Å². The fourth-order valence-electron chi connectivity index (χ4n) is 7.15. The number of piperidine rings is 1. The number of aliphatic hydroxyl groups excluding tert-OH is 1. The van der Waals surface area contributed by atoms with Crippen molar-refractivity contribution in [1.82, 2.24) is 15.1 Å². The molecular weight excluding hydrogens is 560 g/mol. The van der Waals surface area contributed by atoms with Gasteiger partial charge in [0.15, 0.2) is 0 Å². The molecule has 0 saturated carbocycles. The number of likely N-dealkylation sites (tertiary alicyclic amines) is 2. The van der Waals surface area contributed by atoms with Gasteiger partial charge in [-0.2, -0.15) is 0 Å². The van der Waals surface area contributed by atoms with Gasteiger partial charge < -0.3 is 25.7 Å². The molecule has 0 aromatic heterocycles. The molecule has 0 aliphatic carbocycles. The Hall–Kier alpha value is -4.01. The van der Waals surface area contributed by atoms with Crippen molar-refractivity contribution in [2.45, 2.75) is 49.5 Å². The normalized spacial score (nSPS) is 18.8. The summed E-state index contributed by atoms with van der Waals surface area (Å²) < 4.78 is 0. The van der Waals surface area contributed by atoms with E-state index in [1.807, 2.05) is 115 Å². The predicted octanol–water partition coefficient (Wildman–Crippen LogP) is 5.70. The summed E-state index contributed by atoms with van der Waals surface area (Å²) in [5.74, 6) is 0. The lowest BCUT2D eigenvalue weighted by Gasteiger charge is -2.41. The van der Waals surface area contributed by atoms with Gasteiger partial charge in [-0.15, -0.1) is 0 Å². The molecule has 2 heterocycles. The van der Waals surface area contributed by atoms with E-state index in [0.717, 1.165) is 73.3 Å². The van der Waals surface area contributed by atoms with Crippen LogP contribution in [0.5, 0.6) is 0 Å². The van der Waals surface area contributed by atoms with E-state index in [0.29, 0.717) is 13.1 Å². The van der Waals surface area contributed by atoms with Gasteiger partial charge in [-0.05, 0) is 55.0 Å². The highest BCUT2D eigenvalue weighted by Crippen LogP contribution is 2.40. The summed E-state index contributed by atoms with van der Waals surface area (Å²) in [4.78, 5) is 17.5. The highest BCUT2D eigenvalue weighted by molar-refractivity contribution is 5.94. The molecule has 7 nitrogen and oxygen atoms in total. The molecule has 45 heavy (non-hydrogen) atoms. The average molecular weight is 605 g/mol. The molecule has 2 atom stereocenters. The number of β-amino-alcohol motifs (C(OH)–C–C–N with tert-alkyl or cyclic N) is 1. The molecule has 234 valence electrons. The van der Waals surface area contributed by atoms with Crippen molar-refractivity contribution in [3.05, 3.63) is 126 Å². The van der Waals surface area contributed by atoms with Crippen molar-refractivity contribution in [2.24, 2.45) is 0 Å². The Morgan fingerprint density at radius 2 is 1.33 bits per heavy atom. The number of hydrogen-bond donors (Lipinski definition) is 4. The van der Waals surface area contributed by atoms with Gasteiger partial charge in [0.25, 0.3) is 0 Å². The molecular formula is C38H44N4O3. The standard InChI is InChI=1S/C38H44N4O3/c43-33(28-42-24-12-21-36(42)38(45,30-15-6-2-7-16-30)31-17-8-3-9-18-31)27-41-25-22-32(23-26-41)39-37(44)40-35-20-11-10-19-34(35)29-13-4-1-5-14-29/h1-11,13-20,32-33,36,43,45H,12,21-28H2,(H2,39,40,44)/t33?,36-/m1/s1. The average Bonchev–Trinajstić information content (AvgIpc) is 3.55. The number of carbonyl (C=O) groups is 1. The predicted molar refractivity (Wildman–Crippen MR) is 180 cm³/mol. The Bertz CT molecular complexity index is 1470. The van der Waals surface area contributed by atoms with E-state index in [4.69, 9.17) is 0 Å². The van der Waals surface area contributed by atoms with Crippen molar-refractivity contribution in [3.63, 3.8) is 0 Å². The summed E-state index contributed by atoms with van der Waals surface area (Å²) in [6.45, 7) is 3.54. The van der Waals surface area contributed by atoms with Crippen LogP contribution in [0.3, 0.4) is 0 Å². The summed E-state index contributed by atoms with van der Waals surface area (Å²) in [5.41, 5.74) is 3.43. The number of amides is 2. The minimum atomic E-state index is -1.16. The second kappa shape index (κ2) is 14.4. The van der Waals surface area contributed by atoms with Gasteiger partial charge in [0.05, 0.1) is 11.8 Å². The molecule has 2 saturated heterocycles. The molecule has 4 aromatic rings. The maximum Gasteiger partial charge on any atom is 0.319 e. The van der Waals surface area contributed by atoms with Crippen molar-refractivity contribution >= 4 is 11.7 Å². The number of para-hydroxylation sites is 1. The number of carbonyl (C=O) groups excluding carboxylic acids is 1. The monoisotopic (exact) mass is 604 g/mol. The molecule has 2 aliphatic rings. The Labute approximate surface area is 266 Å². The van der Waals surface area contributed by atoms with E-state index in [-0.39, 0.29) is 18.1 Å². The molecule has 7 heteroatoms. The van der Waals surface area contributed by atoms with Crippen LogP contribution in [0.25, 0.3) is 11.1 Å². The molecule has 1 unspecified atom stereocenters. The zero-order valence-corrected chi connectivity index (χ0v) is 25.8. The van der Waals surface area contributed by atoms with Gasteiger partial charge in [0.1, 0.15) is 5.60 Å².